The molecule has 4 aromatic rings. The molecule has 1 heterocycles. The number of carbonyl (C=O) groups is 1. The minimum atomic E-state index is -0.515. The van der Waals surface area contributed by atoms with E-state index in [4.69, 9.17) is 5.73 Å². The van der Waals surface area contributed by atoms with Gasteiger partial charge in [-0.1, -0.05) is 72.8 Å². The highest BCUT2D eigenvalue weighted by Gasteiger charge is 2.27. The Bertz CT molecular complexity index is 1230. The molecule has 0 aliphatic heterocycles. The van der Waals surface area contributed by atoms with Crippen molar-refractivity contribution in [2.75, 3.05) is 0 Å². The number of nitrogens with two attached hydrogens (primary N) is 1. The summed E-state index contributed by atoms with van der Waals surface area (Å²) in [7, 11) is 0. The monoisotopic (exact) mass is 378 g/mol. The number of fused-ring (bicyclic) bond motifs is 2. The second-order valence-corrected chi connectivity index (χ2v) is 7.56. The first-order valence-corrected chi connectivity index (χ1v) is 9.97. The van der Waals surface area contributed by atoms with E-state index in [9.17, 15) is 4.79 Å². The molecular weight excluding hydrogens is 356 g/mol. The Morgan fingerprint density at radius 3 is 2.59 bits per heavy atom. The molecule has 29 heavy (non-hydrogen) atoms. The molecule has 1 unspecified atom stereocenters. The van der Waals surface area contributed by atoms with Gasteiger partial charge in [-0.05, 0) is 47.2 Å². The van der Waals surface area contributed by atoms with Crippen LogP contribution in [0.4, 0.5) is 0 Å². The van der Waals surface area contributed by atoms with Crippen LogP contribution < -0.4 is 5.73 Å². The van der Waals surface area contributed by atoms with Gasteiger partial charge in [-0.15, -0.1) is 0 Å². The van der Waals surface area contributed by atoms with Crippen LogP contribution in [-0.4, -0.2) is 10.9 Å². The van der Waals surface area contributed by atoms with E-state index in [1.165, 1.54) is 11.1 Å². The van der Waals surface area contributed by atoms with Gasteiger partial charge in [-0.2, -0.15) is 0 Å². The molecule has 1 amide bonds. The zero-order valence-corrected chi connectivity index (χ0v) is 16.1. The van der Waals surface area contributed by atoms with Gasteiger partial charge in [0, 0.05) is 16.5 Å². The molecule has 3 nitrogen and oxygen atoms in total. The molecule has 1 aliphatic rings. The van der Waals surface area contributed by atoms with Crippen LogP contribution in [-0.2, 0) is 11.2 Å². The number of hydrogen-bond acceptors (Lipinski definition) is 1. The summed E-state index contributed by atoms with van der Waals surface area (Å²) in [5.41, 5.74) is 13.5. The average Bonchev–Trinajstić information content (AvgIpc) is 3.13. The molecule has 0 saturated carbocycles. The number of primary amides is 1. The molecular formula is C26H22N2O. The van der Waals surface area contributed by atoms with Gasteiger partial charge in [-0.3, -0.25) is 4.79 Å². The summed E-state index contributed by atoms with van der Waals surface area (Å²) in [6.45, 7) is 0. The van der Waals surface area contributed by atoms with E-state index < -0.39 is 5.92 Å². The Balaban J connectivity index is 1.77. The van der Waals surface area contributed by atoms with Crippen molar-refractivity contribution in [3.63, 3.8) is 0 Å². The molecule has 0 spiro atoms. The third-order valence-electron chi connectivity index (χ3n) is 5.76. The van der Waals surface area contributed by atoms with E-state index in [0.717, 1.165) is 46.1 Å². The van der Waals surface area contributed by atoms with E-state index in [-0.39, 0.29) is 5.91 Å². The summed E-state index contributed by atoms with van der Waals surface area (Å²) in [4.78, 5) is 16.2. The number of para-hydroxylation sites is 1. The first-order chi connectivity index (χ1) is 14.2. The third kappa shape index (κ3) is 3.05. The van der Waals surface area contributed by atoms with Crippen LogP contribution in [0.15, 0.2) is 78.9 Å². The molecule has 1 atom stereocenters. The van der Waals surface area contributed by atoms with Gasteiger partial charge in [0.25, 0.3) is 0 Å². The Morgan fingerprint density at radius 2 is 1.76 bits per heavy atom. The van der Waals surface area contributed by atoms with Crippen molar-refractivity contribution in [3.8, 4) is 11.3 Å². The SMILES string of the molecule is NC(=O)C(c1ccccc1)c1c(-c2ccc3c(c2)CCC=C3)[nH]c2ccccc12. The predicted molar refractivity (Wildman–Crippen MR) is 119 cm³/mol. The summed E-state index contributed by atoms with van der Waals surface area (Å²) in [5, 5.41) is 1.03. The fourth-order valence-corrected chi connectivity index (χ4v) is 4.40. The van der Waals surface area contributed by atoms with Gasteiger partial charge in [-0.25, -0.2) is 0 Å². The van der Waals surface area contributed by atoms with Gasteiger partial charge >= 0.3 is 0 Å². The molecule has 0 bridgehead atoms. The topological polar surface area (TPSA) is 58.9 Å². The number of carbonyl (C=O) groups excluding carboxylic acids is 1. The summed E-state index contributed by atoms with van der Waals surface area (Å²) in [6, 6.07) is 24.5. The third-order valence-corrected chi connectivity index (χ3v) is 5.76. The highest BCUT2D eigenvalue weighted by Crippen LogP contribution is 2.39. The van der Waals surface area contributed by atoms with E-state index in [1.807, 2.05) is 48.5 Å². The summed E-state index contributed by atoms with van der Waals surface area (Å²) >= 11 is 0. The Hall–Kier alpha value is -3.59. The molecule has 3 aromatic carbocycles. The maximum atomic E-state index is 12.7. The number of aromatic amines is 1. The van der Waals surface area contributed by atoms with Crippen LogP contribution in [0.5, 0.6) is 0 Å². The molecule has 0 radical (unpaired) electrons. The van der Waals surface area contributed by atoms with Crippen LogP contribution >= 0.6 is 0 Å². The second kappa shape index (κ2) is 7.10. The van der Waals surface area contributed by atoms with Crippen molar-refractivity contribution in [2.24, 2.45) is 5.73 Å². The number of aromatic nitrogens is 1. The lowest BCUT2D eigenvalue weighted by Crippen LogP contribution is -2.22. The quantitative estimate of drug-likeness (QED) is 0.490. The normalized spacial score (nSPS) is 13.9. The lowest BCUT2D eigenvalue weighted by Gasteiger charge is -2.17. The standard InChI is InChI=1S/C26H22N2O/c27-26(29)23(18-9-2-1-3-10-18)24-21-12-6-7-13-22(21)28-25(24)20-15-14-17-8-4-5-11-19(17)16-20/h1-4,6-10,12-16,23,28H,5,11H2,(H2,27,29). The van der Waals surface area contributed by atoms with E-state index in [1.54, 1.807) is 0 Å². The van der Waals surface area contributed by atoms with E-state index in [2.05, 4.69) is 41.4 Å². The van der Waals surface area contributed by atoms with Crippen molar-refractivity contribution in [1.29, 1.82) is 0 Å². The molecule has 1 aromatic heterocycles. The van der Waals surface area contributed by atoms with Crippen LogP contribution in [0.1, 0.15) is 34.6 Å². The fraction of sp³-hybridized carbons (Fsp3) is 0.115. The molecule has 3 heteroatoms. The smallest absolute Gasteiger partial charge is 0.229 e. The average molecular weight is 378 g/mol. The van der Waals surface area contributed by atoms with Crippen molar-refractivity contribution in [3.05, 3.63) is 101 Å². The number of nitrogens with one attached hydrogen (secondary N) is 1. The summed E-state index contributed by atoms with van der Waals surface area (Å²) in [6.07, 6.45) is 6.50. The first-order valence-electron chi connectivity index (χ1n) is 9.97. The van der Waals surface area contributed by atoms with Crippen LogP contribution in [0.25, 0.3) is 28.2 Å². The number of benzene rings is 3. The molecule has 5 rings (SSSR count). The number of H-pyrrole nitrogens is 1. The summed E-state index contributed by atoms with van der Waals surface area (Å²) < 4.78 is 0. The molecule has 3 N–H and O–H groups in total. The van der Waals surface area contributed by atoms with Crippen molar-refractivity contribution in [1.82, 2.24) is 4.98 Å². The predicted octanol–water partition coefficient (Wildman–Crippen LogP) is 5.41. The van der Waals surface area contributed by atoms with Gasteiger partial charge < -0.3 is 10.7 Å². The van der Waals surface area contributed by atoms with Crippen molar-refractivity contribution in [2.45, 2.75) is 18.8 Å². The van der Waals surface area contributed by atoms with Gasteiger partial charge in [0.05, 0.1) is 11.6 Å². The number of aryl methyl sites for hydroxylation is 1. The Morgan fingerprint density at radius 1 is 0.966 bits per heavy atom. The zero-order chi connectivity index (χ0) is 19.8. The Kier molecular flexibility index (Phi) is 4.28. The minimum absolute atomic E-state index is 0.344. The van der Waals surface area contributed by atoms with Crippen LogP contribution in [0.3, 0.4) is 0 Å². The van der Waals surface area contributed by atoms with E-state index in [0.29, 0.717) is 0 Å². The molecule has 0 fully saturated rings. The lowest BCUT2D eigenvalue weighted by molar-refractivity contribution is -0.118. The number of rotatable bonds is 4. The number of hydrogen-bond donors (Lipinski definition) is 2. The molecule has 0 saturated heterocycles. The largest absolute Gasteiger partial charge is 0.369 e. The van der Waals surface area contributed by atoms with Gasteiger partial charge in [0.15, 0.2) is 0 Å². The minimum Gasteiger partial charge on any atom is -0.369 e. The van der Waals surface area contributed by atoms with Crippen molar-refractivity contribution < 1.29 is 4.79 Å². The van der Waals surface area contributed by atoms with Gasteiger partial charge in [0.1, 0.15) is 0 Å². The first kappa shape index (κ1) is 17.5. The zero-order valence-electron chi connectivity index (χ0n) is 16.1. The summed E-state index contributed by atoms with van der Waals surface area (Å²) in [5.74, 6) is -0.860. The van der Waals surface area contributed by atoms with Gasteiger partial charge in [0.2, 0.25) is 5.91 Å². The highest BCUT2D eigenvalue weighted by molar-refractivity contribution is 5.99. The van der Waals surface area contributed by atoms with E-state index >= 15 is 0 Å². The van der Waals surface area contributed by atoms with Crippen LogP contribution in [0.2, 0.25) is 0 Å². The van der Waals surface area contributed by atoms with Crippen LogP contribution in [0, 0.1) is 0 Å². The highest BCUT2D eigenvalue weighted by atomic mass is 16.1. The Labute approximate surface area is 169 Å². The maximum absolute atomic E-state index is 12.7. The number of allylic oxidation sites excluding steroid dienone is 1. The number of amides is 1. The lowest BCUT2D eigenvalue weighted by atomic mass is 9.86. The van der Waals surface area contributed by atoms with Crippen molar-refractivity contribution >= 4 is 22.9 Å². The maximum Gasteiger partial charge on any atom is 0.229 e. The second-order valence-electron chi connectivity index (χ2n) is 7.56. The molecule has 1 aliphatic carbocycles. The molecule has 142 valence electrons. The fourth-order valence-electron chi connectivity index (χ4n) is 4.40.